The topological polar surface area (TPSA) is 32.7 Å². The third-order valence-electron chi connectivity index (χ3n) is 6.88. The van der Waals surface area contributed by atoms with E-state index in [2.05, 4.69) is 4.90 Å². The molecule has 3 aromatic carbocycles. The van der Waals surface area contributed by atoms with Gasteiger partial charge in [-0.3, -0.25) is 9.29 Å². The number of benzene rings is 3. The number of nitrogens with zero attached hydrogens (tertiary/aromatic N) is 1. The largest absolute Gasteiger partial charge is 0.508 e. The number of hydrogen-bond acceptors (Lipinski definition) is 4. The first kappa shape index (κ1) is 24.8. The average molecular weight is 508 g/mol. The fourth-order valence-electron chi connectivity index (χ4n) is 5.12. The van der Waals surface area contributed by atoms with E-state index in [1.807, 2.05) is 49.4 Å². The molecule has 1 atom stereocenters. The van der Waals surface area contributed by atoms with Gasteiger partial charge in [-0.15, -0.1) is 11.8 Å². The zero-order valence-corrected chi connectivity index (χ0v) is 21.3. The van der Waals surface area contributed by atoms with Crippen molar-refractivity contribution in [2.24, 2.45) is 0 Å². The van der Waals surface area contributed by atoms with Crippen molar-refractivity contribution in [1.29, 1.82) is 0 Å². The van der Waals surface area contributed by atoms with E-state index in [1.54, 1.807) is 30.0 Å². The van der Waals surface area contributed by atoms with Crippen LogP contribution in [-0.2, 0) is 0 Å². The van der Waals surface area contributed by atoms with Crippen LogP contribution < -0.4 is 4.74 Å². The van der Waals surface area contributed by atoms with Crippen LogP contribution in [0, 0.1) is 12.7 Å². The van der Waals surface area contributed by atoms with Crippen molar-refractivity contribution < 1.29 is 18.6 Å². The van der Waals surface area contributed by atoms with Crippen LogP contribution in [0.4, 0.5) is 8.78 Å². The van der Waals surface area contributed by atoms with Crippen LogP contribution >= 0.6 is 11.8 Å². The second kappa shape index (κ2) is 11.1. The fraction of sp³-hybridized carbons (Fsp3) is 0.333. The van der Waals surface area contributed by atoms with Crippen LogP contribution in [-0.4, -0.2) is 48.2 Å². The van der Waals surface area contributed by atoms with Gasteiger partial charge in [-0.2, -0.15) is 0 Å². The third-order valence-corrected chi connectivity index (χ3v) is 7.94. The molecule has 5 rings (SSSR count). The molecule has 0 aliphatic carbocycles. The highest BCUT2D eigenvalue weighted by atomic mass is 32.2. The van der Waals surface area contributed by atoms with Crippen LogP contribution in [0.3, 0.4) is 0 Å². The lowest BCUT2D eigenvalue weighted by atomic mass is 9.87. The molecular weight excluding hydrogens is 476 g/mol. The molecule has 36 heavy (non-hydrogen) atoms. The highest BCUT2D eigenvalue weighted by molar-refractivity contribution is 7.99. The van der Waals surface area contributed by atoms with Crippen molar-refractivity contribution in [3.8, 4) is 11.5 Å². The second-order valence-corrected chi connectivity index (χ2v) is 10.6. The van der Waals surface area contributed by atoms with E-state index in [9.17, 15) is 9.50 Å². The number of likely N-dealkylation sites (tertiary alicyclic amines) is 1. The smallest absolute Gasteiger partial charge is 0.130 e. The second-order valence-electron chi connectivity index (χ2n) is 9.51. The number of alkyl halides is 1. The summed E-state index contributed by atoms with van der Waals surface area (Å²) in [5, 5.41) is 10.1. The van der Waals surface area contributed by atoms with Crippen molar-refractivity contribution in [3.05, 3.63) is 88.7 Å². The van der Waals surface area contributed by atoms with Gasteiger partial charge in [0, 0.05) is 35.8 Å². The minimum atomic E-state index is -0.283. The Bertz CT molecular complexity index is 1260. The molecule has 3 nitrogen and oxygen atoms in total. The number of phenols is 1. The molecule has 0 spiro atoms. The zero-order valence-electron chi connectivity index (χ0n) is 20.5. The first-order chi connectivity index (χ1) is 17.5. The standard InChI is InChI=1S/C30H31F2NO2S/c1-20-3-9-25(28(32)17-20)26-12-16-36-29-18-22(34)6-10-27(29)30(26)21-4-7-23(8-5-21)35-24-11-15-33(19-24)14-2-13-31/h3-10,17-18,24,34H,2,11-16,19H2,1H3. The van der Waals surface area contributed by atoms with Crippen LogP contribution in [0.25, 0.3) is 11.1 Å². The number of ether oxygens (including phenoxy) is 1. The number of hydrogen-bond donors (Lipinski definition) is 1. The van der Waals surface area contributed by atoms with E-state index in [4.69, 9.17) is 4.74 Å². The number of aromatic hydroxyl groups is 1. The van der Waals surface area contributed by atoms with Crippen molar-refractivity contribution in [2.45, 2.75) is 37.2 Å². The van der Waals surface area contributed by atoms with Gasteiger partial charge in [-0.1, -0.05) is 24.3 Å². The molecule has 2 aliphatic rings. The fourth-order valence-corrected chi connectivity index (χ4v) is 6.18. The molecule has 0 radical (unpaired) electrons. The summed E-state index contributed by atoms with van der Waals surface area (Å²) >= 11 is 1.68. The summed E-state index contributed by atoms with van der Waals surface area (Å²) in [6.45, 7) is 4.14. The van der Waals surface area contributed by atoms with Gasteiger partial charge in [-0.25, -0.2) is 4.39 Å². The molecular formula is C30H31F2NO2S. The summed E-state index contributed by atoms with van der Waals surface area (Å²) in [6, 6.07) is 18.9. The Morgan fingerprint density at radius 1 is 1.06 bits per heavy atom. The molecule has 2 heterocycles. The Labute approximate surface area is 215 Å². The van der Waals surface area contributed by atoms with Crippen LogP contribution in [0.5, 0.6) is 11.5 Å². The van der Waals surface area contributed by atoms with Gasteiger partial charge >= 0.3 is 0 Å². The SMILES string of the molecule is Cc1ccc(C2=C(c3ccc(OC4CCN(CCCF)C4)cc3)c3ccc(O)cc3SCC2)c(F)c1. The summed E-state index contributed by atoms with van der Waals surface area (Å²) in [4.78, 5) is 3.24. The summed E-state index contributed by atoms with van der Waals surface area (Å²) in [5.41, 5.74) is 5.46. The lowest BCUT2D eigenvalue weighted by molar-refractivity contribution is 0.198. The quantitative estimate of drug-likeness (QED) is 0.370. The number of thioether (sulfide) groups is 1. The predicted molar refractivity (Wildman–Crippen MR) is 143 cm³/mol. The van der Waals surface area contributed by atoms with Crippen molar-refractivity contribution in [3.63, 3.8) is 0 Å². The van der Waals surface area contributed by atoms with Gasteiger partial charge in [0.15, 0.2) is 0 Å². The molecule has 1 unspecified atom stereocenters. The van der Waals surface area contributed by atoms with Crippen molar-refractivity contribution in [1.82, 2.24) is 4.90 Å². The molecule has 3 aromatic rings. The molecule has 0 bridgehead atoms. The maximum atomic E-state index is 15.2. The monoisotopic (exact) mass is 507 g/mol. The van der Waals surface area contributed by atoms with Gasteiger partial charge < -0.3 is 9.84 Å². The van der Waals surface area contributed by atoms with E-state index in [1.165, 1.54) is 0 Å². The minimum Gasteiger partial charge on any atom is -0.508 e. The summed E-state index contributed by atoms with van der Waals surface area (Å²) in [7, 11) is 0. The molecule has 1 N–H and O–H groups in total. The van der Waals surface area contributed by atoms with Crippen LogP contribution in [0.15, 0.2) is 65.6 Å². The zero-order chi connectivity index (χ0) is 25.1. The number of rotatable bonds is 7. The molecule has 1 fully saturated rings. The maximum Gasteiger partial charge on any atom is 0.130 e. The van der Waals surface area contributed by atoms with E-state index in [-0.39, 0.29) is 24.3 Å². The first-order valence-electron chi connectivity index (χ1n) is 12.5. The lowest BCUT2D eigenvalue weighted by Crippen LogP contribution is -2.26. The third kappa shape index (κ3) is 5.45. The van der Waals surface area contributed by atoms with Gasteiger partial charge in [0.25, 0.3) is 0 Å². The van der Waals surface area contributed by atoms with Crippen molar-refractivity contribution >= 4 is 22.9 Å². The van der Waals surface area contributed by atoms with Crippen LogP contribution in [0.1, 0.15) is 41.5 Å². The summed E-state index contributed by atoms with van der Waals surface area (Å²) < 4.78 is 33.9. The predicted octanol–water partition coefficient (Wildman–Crippen LogP) is 7.11. The Hall–Kier alpha value is -2.83. The van der Waals surface area contributed by atoms with E-state index < -0.39 is 0 Å². The summed E-state index contributed by atoms with van der Waals surface area (Å²) in [6.07, 6.45) is 2.32. The normalized spacial score (nSPS) is 18.2. The van der Waals surface area contributed by atoms with E-state index in [0.717, 1.165) is 70.3 Å². The number of phenolic OH excluding ortho intramolecular Hbond substituents is 1. The average Bonchev–Trinajstić information content (AvgIpc) is 3.22. The Morgan fingerprint density at radius 2 is 1.86 bits per heavy atom. The van der Waals surface area contributed by atoms with Gasteiger partial charge in [0.05, 0.1) is 6.67 Å². The molecule has 1 saturated heterocycles. The van der Waals surface area contributed by atoms with Crippen LogP contribution in [0.2, 0.25) is 0 Å². The Balaban J connectivity index is 1.49. The number of aryl methyl sites for hydroxylation is 1. The first-order valence-corrected chi connectivity index (χ1v) is 13.5. The Kier molecular flexibility index (Phi) is 7.63. The maximum absolute atomic E-state index is 15.2. The molecule has 6 heteroatoms. The van der Waals surface area contributed by atoms with Crippen molar-refractivity contribution in [2.75, 3.05) is 32.1 Å². The molecule has 0 aromatic heterocycles. The minimum absolute atomic E-state index is 0.102. The molecule has 0 saturated carbocycles. The van der Waals surface area contributed by atoms with Gasteiger partial charge in [-0.05, 0) is 90.4 Å². The number of allylic oxidation sites excluding steroid dienone is 1. The number of fused-ring (bicyclic) bond motifs is 1. The highest BCUT2D eigenvalue weighted by Crippen LogP contribution is 2.44. The van der Waals surface area contributed by atoms with E-state index >= 15 is 4.39 Å². The lowest BCUT2D eigenvalue weighted by Gasteiger charge is -2.19. The van der Waals surface area contributed by atoms with E-state index in [0.29, 0.717) is 18.4 Å². The summed E-state index contributed by atoms with van der Waals surface area (Å²) in [5.74, 6) is 1.61. The number of halogens is 2. The Morgan fingerprint density at radius 3 is 2.64 bits per heavy atom. The highest BCUT2D eigenvalue weighted by Gasteiger charge is 2.25. The molecule has 2 aliphatic heterocycles. The molecule has 188 valence electrons. The molecule has 0 amide bonds. The van der Waals surface area contributed by atoms with Gasteiger partial charge in [0.1, 0.15) is 23.4 Å². The van der Waals surface area contributed by atoms with Gasteiger partial charge in [0.2, 0.25) is 0 Å².